The predicted molar refractivity (Wildman–Crippen MR) is 102 cm³/mol. The van der Waals surface area contributed by atoms with Crippen LogP contribution in [0.4, 0.5) is 4.79 Å². The van der Waals surface area contributed by atoms with E-state index in [9.17, 15) is 4.79 Å². The van der Waals surface area contributed by atoms with Crippen molar-refractivity contribution in [2.75, 3.05) is 20.2 Å². The molecule has 1 aliphatic carbocycles. The van der Waals surface area contributed by atoms with Crippen LogP contribution in [0.15, 0.2) is 4.99 Å². The molecule has 2 heterocycles. The molecule has 1 aromatic rings. The van der Waals surface area contributed by atoms with Crippen LogP contribution in [0.3, 0.4) is 0 Å². The maximum Gasteiger partial charge on any atom is 0.409 e. The van der Waals surface area contributed by atoms with Gasteiger partial charge in [-0.2, -0.15) is 0 Å². The molecular weight excluding hydrogens is 346 g/mol. The Morgan fingerprint density at radius 3 is 2.33 bits per heavy atom. The molecule has 0 atom stereocenters. The number of piperidine rings is 1. The third kappa shape index (κ3) is 5.11. The summed E-state index contributed by atoms with van der Waals surface area (Å²) in [6.45, 7) is 3.82. The van der Waals surface area contributed by atoms with Gasteiger partial charge in [0.15, 0.2) is 11.8 Å². The van der Waals surface area contributed by atoms with Crippen molar-refractivity contribution >= 4 is 12.1 Å². The molecule has 9 heteroatoms. The van der Waals surface area contributed by atoms with Crippen molar-refractivity contribution < 1.29 is 9.53 Å². The van der Waals surface area contributed by atoms with Crippen LogP contribution in [0.25, 0.3) is 0 Å². The van der Waals surface area contributed by atoms with Gasteiger partial charge in [-0.25, -0.2) is 9.79 Å². The Morgan fingerprint density at radius 2 is 1.78 bits per heavy atom. The minimum Gasteiger partial charge on any atom is -0.453 e. The standard InChI is InChI=1S/C18H31N7O2/c1-13-22-23-16(24(13)2)12-19-17(20-14-6-4-5-7-14)21-15-8-10-25(11-9-15)18(26)27-3/h14-15H,4-12H2,1-3H3,(H2,19,20,21). The summed E-state index contributed by atoms with van der Waals surface area (Å²) in [5.74, 6) is 2.56. The molecule has 27 heavy (non-hydrogen) atoms. The highest BCUT2D eigenvalue weighted by Crippen LogP contribution is 2.18. The predicted octanol–water partition coefficient (Wildman–Crippen LogP) is 1.33. The van der Waals surface area contributed by atoms with E-state index in [4.69, 9.17) is 9.73 Å². The number of carbonyl (C=O) groups is 1. The van der Waals surface area contributed by atoms with Gasteiger partial charge in [-0.3, -0.25) is 0 Å². The lowest BCUT2D eigenvalue weighted by atomic mass is 10.1. The molecule has 3 rings (SSSR count). The molecule has 1 amide bonds. The Bertz CT molecular complexity index is 659. The third-order valence-corrected chi connectivity index (χ3v) is 5.53. The number of guanidine groups is 1. The fraction of sp³-hybridized carbons (Fsp3) is 0.778. The normalized spacial score (nSPS) is 19.4. The second-order valence-electron chi connectivity index (χ2n) is 7.39. The highest BCUT2D eigenvalue weighted by Gasteiger charge is 2.25. The summed E-state index contributed by atoms with van der Waals surface area (Å²) in [5.41, 5.74) is 0. The number of ether oxygens (including phenoxy) is 1. The number of likely N-dealkylation sites (tertiary alicyclic amines) is 1. The van der Waals surface area contributed by atoms with Gasteiger partial charge in [0.05, 0.1) is 7.11 Å². The van der Waals surface area contributed by atoms with Gasteiger partial charge in [0.1, 0.15) is 12.4 Å². The summed E-state index contributed by atoms with van der Waals surface area (Å²) >= 11 is 0. The second-order valence-corrected chi connectivity index (χ2v) is 7.39. The molecule has 2 fully saturated rings. The largest absolute Gasteiger partial charge is 0.453 e. The average molecular weight is 377 g/mol. The Labute approximate surface area is 160 Å². The molecule has 2 aliphatic rings. The molecule has 150 valence electrons. The molecule has 0 bridgehead atoms. The van der Waals surface area contributed by atoms with E-state index < -0.39 is 0 Å². The van der Waals surface area contributed by atoms with Crippen LogP contribution in [-0.4, -0.2) is 64.0 Å². The van der Waals surface area contributed by atoms with Gasteiger partial charge in [0.2, 0.25) is 0 Å². The van der Waals surface area contributed by atoms with Crippen LogP contribution in [0.2, 0.25) is 0 Å². The van der Waals surface area contributed by atoms with Crippen molar-refractivity contribution in [1.82, 2.24) is 30.3 Å². The number of nitrogens with one attached hydrogen (secondary N) is 2. The smallest absolute Gasteiger partial charge is 0.409 e. The summed E-state index contributed by atoms with van der Waals surface area (Å²) in [6, 6.07) is 0.771. The number of methoxy groups -OCH3 is 1. The van der Waals surface area contributed by atoms with Crippen LogP contribution in [0, 0.1) is 6.92 Å². The molecule has 1 saturated heterocycles. The fourth-order valence-corrected chi connectivity index (χ4v) is 3.66. The van der Waals surface area contributed by atoms with Gasteiger partial charge in [-0.15, -0.1) is 10.2 Å². The van der Waals surface area contributed by atoms with Crippen LogP contribution >= 0.6 is 0 Å². The zero-order valence-corrected chi connectivity index (χ0v) is 16.6. The molecule has 0 spiro atoms. The number of rotatable bonds is 4. The second kappa shape index (κ2) is 9.05. The van der Waals surface area contributed by atoms with Crippen molar-refractivity contribution in [3.8, 4) is 0 Å². The molecule has 0 radical (unpaired) electrons. The number of carbonyl (C=O) groups excluding carboxylic acids is 1. The monoisotopic (exact) mass is 377 g/mol. The van der Waals surface area contributed by atoms with Gasteiger partial charge in [0.25, 0.3) is 0 Å². The SMILES string of the molecule is COC(=O)N1CCC(NC(=NCc2nnc(C)n2C)NC2CCCC2)CC1. The molecule has 1 aliphatic heterocycles. The first-order valence-electron chi connectivity index (χ1n) is 9.82. The van der Waals surface area contributed by atoms with Gasteiger partial charge >= 0.3 is 6.09 Å². The summed E-state index contributed by atoms with van der Waals surface area (Å²) < 4.78 is 6.77. The van der Waals surface area contributed by atoms with Gasteiger partial charge < -0.3 is 24.8 Å². The first-order chi connectivity index (χ1) is 13.1. The first-order valence-corrected chi connectivity index (χ1v) is 9.82. The number of aliphatic imine (C=N–C) groups is 1. The van der Waals surface area contributed by atoms with Crippen LogP contribution in [-0.2, 0) is 18.3 Å². The van der Waals surface area contributed by atoms with E-state index in [0.717, 1.165) is 30.5 Å². The number of nitrogens with zero attached hydrogens (tertiary/aromatic N) is 5. The minimum atomic E-state index is -0.246. The third-order valence-electron chi connectivity index (χ3n) is 5.53. The number of hydrogen-bond acceptors (Lipinski definition) is 5. The van der Waals surface area contributed by atoms with E-state index in [1.807, 2.05) is 18.5 Å². The summed E-state index contributed by atoms with van der Waals surface area (Å²) in [7, 11) is 3.39. The lowest BCUT2D eigenvalue weighted by Gasteiger charge is -2.32. The summed E-state index contributed by atoms with van der Waals surface area (Å²) in [4.78, 5) is 18.2. The van der Waals surface area contributed by atoms with E-state index in [0.29, 0.717) is 31.7 Å². The number of aryl methyl sites for hydroxylation is 1. The maximum absolute atomic E-state index is 11.7. The lowest BCUT2D eigenvalue weighted by Crippen LogP contribution is -2.51. The van der Waals surface area contributed by atoms with Crippen molar-refractivity contribution in [2.24, 2.45) is 12.0 Å². The zero-order valence-electron chi connectivity index (χ0n) is 16.6. The Balaban J connectivity index is 1.60. The molecule has 9 nitrogen and oxygen atoms in total. The Kier molecular flexibility index (Phi) is 6.52. The maximum atomic E-state index is 11.7. The minimum absolute atomic E-state index is 0.246. The number of aromatic nitrogens is 3. The Morgan fingerprint density at radius 1 is 1.15 bits per heavy atom. The highest BCUT2D eigenvalue weighted by molar-refractivity contribution is 5.80. The Hall–Kier alpha value is -2.32. The van der Waals surface area contributed by atoms with Crippen molar-refractivity contribution in [2.45, 2.75) is 64.1 Å². The van der Waals surface area contributed by atoms with Crippen LogP contribution in [0.1, 0.15) is 50.2 Å². The van der Waals surface area contributed by atoms with Crippen LogP contribution < -0.4 is 10.6 Å². The molecule has 2 N–H and O–H groups in total. The fourth-order valence-electron chi connectivity index (χ4n) is 3.66. The van der Waals surface area contributed by atoms with E-state index in [2.05, 4.69) is 20.8 Å². The molecule has 1 aromatic heterocycles. The number of amides is 1. The zero-order chi connectivity index (χ0) is 19.2. The average Bonchev–Trinajstić information content (AvgIpc) is 3.30. The van der Waals surface area contributed by atoms with Gasteiger partial charge in [0, 0.05) is 32.2 Å². The van der Waals surface area contributed by atoms with Crippen molar-refractivity contribution in [3.05, 3.63) is 11.6 Å². The highest BCUT2D eigenvalue weighted by atomic mass is 16.5. The van der Waals surface area contributed by atoms with E-state index in [1.54, 1.807) is 4.90 Å². The quantitative estimate of drug-likeness (QED) is 0.607. The molecule has 1 saturated carbocycles. The molecule has 0 unspecified atom stereocenters. The van der Waals surface area contributed by atoms with Gasteiger partial charge in [-0.05, 0) is 32.6 Å². The topological polar surface area (TPSA) is 96.7 Å². The van der Waals surface area contributed by atoms with E-state index in [-0.39, 0.29) is 6.09 Å². The van der Waals surface area contributed by atoms with Crippen molar-refractivity contribution in [1.29, 1.82) is 0 Å². The summed E-state index contributed by atoms with van der Waals surface area (Å²) in [6.07, 6.45) is 6.42. The van der Waals surface area contributed by atoms with E-state index in [1.165, 1.54) is 32.8 Å². The first kappa shape index (κ1) is 19.4. The molecule has 0 aromatic carbocycles. The molecular formula is C18H31N7O2. The van der Waals surface area contributed by atoms with Crippen molar-refractivity contribution in [3.63, 3.8) is 0 Å². The van der Waals surface area contributed by atoms with E-state index >= 15 is 0 Å². The number of hydrogen-bond donors (Lipinski definition) is 2. The van der Waals surface area contributed by atoms with Gasteiger partial charge in [-0.1, -0.05) is 12.8 Å². The van der Waals surface area contributed by atoms with Crippen LogP contribution in [0.5, 0.6) is 0 Å². The lowest BCUT2D eigenvalue weighted by molar-refractivity contribution is 0.111. The summed E-state index contributed by atoms with van der Waals surface area (Å²) in [5, 5.41) is 15.4.